The molecule has 198 valence electrons. The fraction of sp³-hybridized carbons (Fsp3) is 0.481. The third kappa shape index (κ3) is 7.98. The maximum Gasteiger partial charge on any atom is 0.244 e. The highest BCUT2D eigenvalue weighted by Crippen LogP contribution is 2.23. The van der Waals surface area contributed by atoms with E-state index < -0.39 is 28.5 Å². The van der Waals surface area contributed by atoms with Gasteiger partial charge in [-0.1, -0.05) is 52.0 Å². The molecule has 0 fully saturated rings. The second-order valence-electron chi connectivity index (χ2n) is 9.10. The van der Waals surface area contributed by atoms with Crippen molar-refractivity contribution >= 4 is 27.5 Å². The third-order valence-corrected chi connectivity index (χ3v) is 7.11. The number of nitrogens with one attached hydrogen (secondary N) is 1. The number of rotatable bonds is 13. The first-order valence-corrected chi connectivity index (χ1v) is 14.1. The summed E-state index contributed by atoms with van der Waals surface area (Å²) in [5.41, 5.74) is 2.28. The minimum absolute atomic E-state index is 0.158. The maximum absolute atomic E-state index is 13.7. The minimum atomic E-state index is -3.76. The van der Waals surface area contributed by atoms with Crippen LogP contribution in [0.1, 0.15) is 57.6 Å². The fourth-order valence-electron chi connectivity index (χ4n) is 3.85. The van der Waals surface area contributed by atoms with Gasteiger partial charge in [0.1, 0.15) is 18.3 Å². The molecular formula is C27H39N3O5S. The molecule has 0 saturated carbocycles. The average molecular weight is 518 g/mol. The van der Waals surface area contributed by atoms with Crippen LogP contribution in [-0.4, -0.2) is 57.6 Å². The fourth-order valence-corrected chi connectivity index (χ4v) is 4.70. The zero-order valence-corrected chi connectivity index (χ0v) is 23.0. The van der Waals surface area contributed by atoms with E-state index in [1.165, 1.54) is 4.90 Å². The molecule has 8 nitrogen and oxygen atoms in total. The van der Waals surface area contributed by atoms with E-state index in [0.29, 0.717) is 30.3 Å². The number of carbonyl (C=O) groups is 2. The van der Waals surface area contributed by atoms with Crippen LogP contribution in [0.5, 0.6) is 5.75 Å². The monoisotopic (exact) mass is 517 g/mol. The predicted molar refractivity (Wildman–Crippen MR) is 144 cm³/mol. The molecule has 0 aliphatic rings. The van der Waals surface area contributed by atoms with Crippen LogP contribution >= 0.6 is 0 Å². The van der Waals surface area contributed by atoms with E-state index in [2.05, 4.69) is 19.2 Å². The standard InChI is InChI=1S/C27H39N3O5S/c1-7-17-28-27(32)25(8-2)29(18-21-9-15-24(35-5)16-10-21)26(31)19-30(36(6,33)34)23-13-11-22(12-14-23)20(3)4/h9-16,20,25H,7-8,17-19H2,1-6H3,(H,28,32)/t25-/m0/s1. The lowest BCUT2D eigenvalue weighted by molar-refractivity contribution is -0.140. The third-order valence-electron chi connectivity index (χ3n) is 5.97. The van der Waals surface area contributed by atoms with Gasteiger partial charge in [-0.3, -0.25) is 13.9 Å². The topological polar surface area (TPSA) is 96.0 Å². The molecule has 1 N–H and O–H groups in total. The van der Waals surface area contributed by atoms with Crippen LogP contribution in [-0.2, 0) is 26.2 Å². The van der Waals surface area contributed by atoms with E-state index in [0.717, 1.165) is 28.1 Å². The van der Waals surface area contributed by atoms with Crippen LogP contribution in [0.2, 0.25) is 0 Å². The van der Waals surface area contributed by atoms with E-state index in [4.69, 9.17) is 4.74 Å². The summed E-state index contributed by atoms with van der Waals surface area (Å²) in [7, 11) is -2.19. The molecule has 0 unspecified atom stereocenters. The second-order valence-corrected chi connectivity index (χ2v) is 11.0. The van der Waals surface area contributed by atoms with Crippen LogP contribution in [0.3, 0.4) is 0 Å². The second kappa shape index (κ2) is 13.3. The largest absolute Gasteiger partial charge is 0.497 e. The molecule has 0 spiro atoms. The van der Waals surface area contributed by atoms with Crippen LogP contribution < -0.4 is 14.4 Å². The SMILES string of the molecule is CCCNC(=O)[C@H](CC)N(Cc1ccc(OC)cc1)C(=O)CN(c1ccc(C(C)C)cc1)S(C)(=O)=O. The predicted octanol–water partition coefficient (Wildman–Crippen LogP) is 3.92. The number of carbonyl (C=O) groups excluding carboxylic acids is 2. The number of ether oxygens (including phenoxy) is 1. The maximum atomic E-state index is 13.7. The van der Waals surface area contributed by atoms with Gasteiger partial charge in [-0.2, -0.15) is 0 Å². The van der Waals surface area contributed by atoms with Crippen LogP contribution in [0.15, 0.2) is 48.5 Å². The molecule has 2 amide bonds. The molecule has 0 radical (unpaired) electrons. The Balaban J connectivity index is 2.41. The Bertz CT molecular complexity index is 1100. The van der Waals surface area contributed by atoms with Gasteiger partial charge < -0.3 is 15.0 Å². The van der Waals surface area contributed by atoms with E-state index in [1.807, 2.05) is 38.1 Å². The van der Waals surface area contributed by atoms with Gasteiger partial charge in [-0.15, -0.1) is 0 Å². The van der Waals surface area contributed by atoms with Crippen molar-refractivity contribution in [3.8, 4) is 5.75 Å². The van der Waals surface area contributed by atoms with Gasteiger partial charge in [0.25, 0.3) is 0 Å². The number of sulfonamides is 1. The summed E-state index contributed by atoms with van der Waals surface area (Å²) in [5, 5.41) is 2.87. The minimum Gasteiger partial charge on any atom is -0.497 e. The van der Waals surface area contributed by atoms with Gasteiger partial charge in [0.2, 0.25) is 21.8 Å². The molecule has 0 aliphatic carbocycles. The number of amides is 2. The molecule has 0 bridgehead atoms. The number of methoxy groups -OCH3 is 1. The van der Waals surface area contributed by atoms with Crippen LogP contribution in [0.25, 0.3) is 0 Å². The summed E-state index contributed by atoms with van der Waals surface area (Å²) < 4.78 is 31.7. The van der Waals surface area contributed by atoms with E-state index in [1.54, 1.807) is 31.4 Å². The van der Waals surface area contributed by atoms with Crippen molar-refractivity contribution in [1.29, 1.82) is 0 Å². The van der Waals surface area contributed by atoms with Gasteiger partial charge in [0, 0.05) is 13.1 Å². The van der Waals surface area contributed by atoms with Crippen LogP contribution in [0, 0.1) is 0 Å². The molecule has 2 aromatic rings. The van der Waals surface area contributed by atoms with Crippen molar-refractivity contribution in [2.75, 3.05) is 30.8 Å². The smallest absolute Gasteiger partial charge is 0.244 e. The van der Waals surface area contributed by atoms with Crippen molar-refractivity contribution in [3.05, 3.63) is 59.7 Å². The molecule has 2 aromatic carbocycles. The Kier molecular flexibility index (Phi) is 10.8. The van der Waals surface area contributed by atoms with Crippen molar-refractivity contribution in [3.63, 3.8) is 0 Å². The summed E-state index contributed by atoms with van der Waals surface area (Å²) in [6.07, 6.45) is 2.23. The van der Waals surface area contributed by atoms with Gasteiger partial charge in [-0.05, 0) is 54.2 Å². The highest BCUT2D eigenvalue weighted by Gasteiger charge is 2.31. The van der Waals surface area contributed by atoms with Gasteiger partial charge in [0.05, 0.1) is 19.1 Å². The molecule has 0 aromatic heterocycles. The number of hydrogen-bond donors (Lipinski definition) is 1. The lowest BCUT2D eigenvalue weighted by atomic mass is 10.0. The Labute approximate surface area is 215 Å². The first kappa shape index (κ1) is 29.2. The number of anilines is 1. The quantitative estimate of drug-likeness (QED) is 0.435. The van der Waals surface area contributed by atoms with Crippen molar-refractivity contribution in [2.45, 2.75) is 59.0 Å². The van der Waals surface area contributed by atoms with Crippen molar-refractivity contribution in [1.82, 2.24) is 10.2 Å². The first-order chi connectivity index (χ1) is 17.0. The molecular weight excluding hydrogens is 478 g/mol. The first-order valence-electron chi connectivity index (χ1n) is 12.3. The molecule has 36 heavy (non-hydrogen) atoms. The highest BCUT2D eigenvalue weighted by atomic mass is 32.2. The Morgan fingerprint density at radius 3 is 2.08 bits per heavy atom. The number of hydrogen-bond acceptors (Lipinski definition) is 5. The van der Waals surface area contributed by atoms with Crippen molar-refractivity contribution < 1.29 is 22.7 Å². The molecule has 0 heterocycles. The van der Waals surface area contributed by atoms with Gasteiger partial charge >= 0.3 is 0 Å². The lowest BCUT2D eigenvalue weighted by Crippen LogP contribution is -2.52. The highest BCUT2D eigenvalue weighted by molar-refractivity contribution is 7.92. The summed E-state index contributed by atoms with van der Waals surface area (Å²) in [6.45, 7) is 8.15. The Hall–Kier alpha value is -3.07. The summed E-state index contributed by atoms with van der Waals surface area (Å²) in [6, 6.07) is 13.6. The van der Waals surface area contributed by atoms with E-state index in [-0.39, 0.29) is 12.5 Å². The number of nitrogens with zero attached hydrogens (tertiary/aromatic N) is 2. The molecule has 1 atom stereocenters. The Morgan fingerprint density at radius 2 is 1.61 bits per heavy atom. The molecule has 9 heteroatoms. The van der Waals surface area contributed by atoms with Crippen LogP contribution in [0.4, 0.5) is 5.69 Å². The summed E-state index contributed by atoms with van der Waals surface area (Å²) in [4.78, 5) is 28.1. The summed E-state index contributed by atoms with van der Waals surface area (Å²) in [5.74, 6) is 0.257. The van der Waals surface area contributed by atoms with Crippen molar-refractivity contribution in [2.24, 2.45) is 0 Å². The lowest BCUT2D eigenvalue weighted by Gasteiger charge is -2.33. The van der Waals surface area contributed by atoms with E-state index in [9.17, 15) is 18.0 Å². The number of benzene rings is 2. The normalized spacial score (nSPS) is 12.2. The van der Waals surface area contributed by atoms with E-state index >= 15 is 0 Å². The molecule has 0 aliphatic heterocycles. The van der Waals surface area contributed by atoms with Gasteiger partial charge in [-0.25, -0.2) is 8.42 Å². The zero-order chi connectivity index (χ0) is 26.9. The summed E-state index contributed by atoms with van der Waals surface area (Å²) >= 11 is 0. The molecule has 0 saturated heterocycles. The van der Waals surface area contributed by atoms with Gasteiger partial charge in [0.15, 0.2) is 0 Å². The molecule has 2 rings (SSSR count). The zero-order valence-electron chi connectivity index (χ0n) is 22.2. The average Bonchev–Trinajstić information content (AvgIpc) is 2.85. The Morgan fingerprint density at radius 1 is 1.00 bits per heavy atom.